The summed E-state index contributed by atoms with van der Waals surface area (Å²) in [6, 6.07) is 0.420. The molecule has 0 aliphatic heterocycles. The maximum Gasteiger partial charge on any atom is 0.0637 e. The number of aliphatic hydroxyl groups excluding tert-OH is 1. The zero-order valence-electron chi connectivity index (χ0n) is 10.1. The van der Waals surface area contributed by atoms with Crippen molar-refractivity contribution in [3.8, 4) is 0 Å². The van der Waals surface area contributed by atoms with Gasteiger partial charge in [-0.1, -0.05) is 0 Å². The normalized spacial score (nSPS) is 16.7. The van der Waals surface area contributed by atoms with Crippen LogP contribution in [0.15, 0.2) is 0 Å². The highest BCUT2D eigenvalue weighted by Crippen LogP contribution is 2.15. The van der Waals surface area contributed by atoms with Crippen molar-refractivity contribution in [2.24, 2.45) is 0 Å². The molecule has 0 aromatic rings. The second-order valence-corrected chi connectivity index (χ2v) is 4.66. The number of aliphatic hydroxyl groups is 1. The summed E-state index contributed by atoms with van der Waals surface area (Å²) in [5.74, 6) is 0. The van der Waals surface area contributed by atoms with Crippen molar-refractivity contribution >= 4 is 0 Å². The number of methoxy groups -OCH3 is 1. The van der Waals surface area contributed by atoms with Crippen molar-refractivity contribution in [2.45, 2.75) is 58.3 Å². The Morgan fingerprint density at radius 1 is 1.36 bits per heavy atom. The summed E-state index contributed by atoms with van der Waals surface area (Å²) in [5.41, 5.74) is -0.0722. The van der Waals surface area contributed by atoms with E-state index in [-0.39, 0.29) is 11.7 Å². The zero-order chi connectivity index (χ0) is 11.2. The molecule has 3 nitrogen and oxygen atoms in total. The van der Waals surface area contributed by atoms with E-state index in [0.29, 0.717) is 6.04 Å². The lowest BCUT2D eigenvalue weighted by Crippen LogP contribution is -2.36. The fourth-order valence-corrected chi connectivity index (χ4v) is 1.43. The molecule has 0 unspecified atom stereocenters. The third-order valence-electron chi connectivity index (χ3n) is 2.41. The van der Waals surface area contributed by atoms with Gasteiger partial charge in [0.05, 0.1) is 11.7 Å². The Labute approximate surface area is 87.8 Å². The molecule has 0 aromatic carbocycles. The van der Waals surface area contributed by atoms with Crippen molar-refractivity contribution < 1.29 is 9.84 Å². The minimum atomic E-state index is -0.217. The van der Waals surface area contributed by atoms with Crippen LogP contribution >= 0.6 is 0 Å². The molecule has 0 rings (SSSR count). The highest BCUT2D eigenvalue weighted by atomic mass is 16.5. The second-order valence-electron chi connectivity index (χ2n) is 4.66. The molecule has 0 heterocycles. The van der Waals surface area contributed by atoms with Gasteiger partial charge in [0, 0.05) is 13.2 Å². The minimum Gasteiger partial charge on any atom is -0.393 e. The summed E-state index contributed by atoms with van der Waals surface area (Å²) in [6.45, 7) is 8.98. The lowest BCUT2D eigenvalue weighted by molar-refractivity contribution is 0.00841. The van der Waals surface area contributed by atoms with Crippen molar-refractivity contribution in [2.75, 3.05) is 13.7 Å². The molecule has 2 N–H and O–H groups in total. The Bertz CT molecular complexity index is 146. The number of rotatable bonds is 7. The van der Waals surface area contributed by atoms with Crippen molar-refractivity contribution in [1.82, 2.24) is 5.32 Å². The third kappa shape index (κ3) is 7.30. The fraction of sp³-hybridized carbons (Fsp3) is 1.00. The average Bonchev–Trinajstić information content (AvgIpc) is 2.02. The van der Waals surface area contributed by atoms with Gasteiger partial charge in [0.25, 0.3) is 0 Å². The first-order valence-electron chi connectivity index (χ1n) is 5.34. The van der Waals surface area contributed by atoms with Gasteiger partial charge in [-0.25, -0.2) is 0 Å². The van der Waals surface area contributed by atoms with E-state index in [1.54, 1.807) is 7.11 Å². The van der Waals surface area contributed by atoms with E-state index in [1.165, 1.54) is 0 Å². The standard InChI is InChI=1S/C11H25NO2/c1-9(8-11(3,4)14-5)12-7-6-10(2)13/h9-10,12-13H,6-8H2,1-5H3/t9-,10+/m0/s1. The van der Waals surface area contributed by atoms with Gasteiger partial charge < -0.3 is 15.2 Å². The van der Waals surface area contributed by atoms with Crippen LogP contribution in [0.5, 0.6) is 0 Å². The highest BCUT2D eigenvalue weighted by molar-refractivity contribution is 4.75. The van der Waals surface area contributed by atoms with Crippen LogP contribution in [0.4, 0.5) is 0 Å². The van der Waals surface area contributed by atoms with Crippen molar-refractivity contribution in [3.63, 3.8) is 0 Å². The van der Waals surface area contributed by atoms with E-state index in [1.807, 2.05) is 6.92 Å². The first-order chi connectivity index (χ1) is 6.37. The quantitative estimate of drug-likeness (QED) is 0.659. The molecule has 3 heteroatoms. The predicted octanol–water partition coefficient (Wildman–Crippen LogP) is 1.55. The van der Waals surface area contributed by atoms with Crippen LogP contribution in [0, 0.1) is 0 Å². The maximum atomic E-state index is 9.08. The van der Waals surface area contributed by atoms with Gasteiger partial charge in [-0.2, -0.15) is 0 Å². The first-order valence-corrected chi connectivity index (χ1v) is 5.34. The molecular formula is C11H25NO2. The van der Waals surface area contributed by atoms with Gasteiger partial charge >= 0.3 is 0 Å². The summed E-state index contributed by atoms with van der Waals surface area (Å²) in [6.07, 6.45) is 1.56. The summed E-state index contributed by atoms with van der Waals surface area (Å²) in [7, 11) is 1.74. The first kappa shape index (κ1) is 13.9. The second kappa shape index (κ2) is 6.38. The van der Waals surface area contributed by atoms with Crippen molar-refractivity contribution in [1.29, 1.82) is 0 Å². The SMILES string of the molecule is COC(C)(C)C[C@H](C)NCC[C@@H](C)O. The molecule has 14 heavy (non-hydrogen) atoms. The summed E-state index contributed by atoms with van der Waals surface area (Å²) in [5, 5.41) is 12.4. The van der Waals surface area contributed by atoms with Crippen LogP contribution in [-0.2, 0) is 4.74 Å². The van der Waals surface area contributed by atoms with Crippen LogP contribution in [0.25, 0.3) is 0 Å². The zero-order valence-corrected chi connectivity index (χ0v) is 10.1. The average molecular weight is 203 g/mol. The molecule has 2 atom stereocenters. The molecule has 86 valence electrons. The Balaban J connectivity index is 3.60. The Kier molecular flexibility index (Phi) is 6.33. The Morgan fingerprint density at radius 3 is 2.36 bits per heavy atom. The monoisotopic (exact) mass is 203 g/mol. The summed E-state index contributed by atoms with van der Waals surface area (Å²) < 4.78 is 5.35. The number of hydrogen-bond acceptors (Lipinski definition) is 3. The van der Waals surface area contributed by atoms with E-state index in [2.05, 4.69) is 26.1 Å². The van der Waals surface area contributed by atoms with Gasteiger partial charge in [-0.15, -0.1) is 0 Å². The van der Waals surface area contributed by atoms with Crippen LogP contribution in [-0.4, -0.2) is 36.5 Å². The van der Waals surface area contributed by atoms with Gasteiger partial charge in [0.15, 0.2) is 0 Å². The number of nitrogens with one attached hydrogen (secondary N) is 1. The summed E-state index contributed by atoms with van der Waals surface area (Å²) in [4.78, 5) is 0. The van der Waals surface area contributed by atoms with Crippen LogP contribution in [0.1, 0.15) is 40.5 Å². The highest BCUT2D eigenvalue weighted by Gasteiger charge is 2.19. The minimum absolute atomic E-state index is 0.0722. The van der Waals surface area contributed by atoms with E-state index >= 15 is 0 Å². The van der Waals surface area contributed by atoms with Crippen LogP contribution in [0.3, 0.4) is 0 Å². The van der Waals surface area contributed by atoms with Crippen LogP contribution in [0.2, 0.25) is 0 Å². The topological polar surface area (TPSA) is 41.5 Å². The van der Waals surface area contributed by atoms with Crippen LogP contribution < -0.4 is 5.32 Å². The molecule has 0 aliphatic carbocycles. The van der Waals surface area contributed by atoms with Crippen molar-refractivity contribution in [3.05, 3.63) is 0 Å². The molecule has 0 saturated heterocycles. The van der Waals surface area contributed by atoms with Gasteiger partial charge in [-0.3, -0.25) is 0 Å². The lowest BCUT2D eigenvalue weighted by atomic mass is 10.00. The third-order valence-corrected chi connectivity index (χ3v) is 2.41. The number of hydrogen-bond donors (Lipinski definition) is 2. The molecule has 0 saturated carbocycles. The van der Waals surface area contributed by atoms with Gasteiger partial charge in [0.2, 0.25) is 0 Å². The predicted molar refractivity (Wildman–Crippen MR) is 59.5 cm³/mol. The smallest absolute Gasteiger partial charge is 0.0637 e. The lowest BCUT2D eigenvalue weighted by Gasteiger charge is -2.27. The van der Waals surface area contributed by atoms with Gasteiger partial charge in [-0.05, 0) is 47.1 Å². The molecule has 0 fully saturated rings. The van der Waals surface area contributed by atoms with E-state index in [9.17, 15) is 0 Å². The molecule has 0 bridgehead atoms. The number of ether oxygens (including phenoxy) is 1. The van der Waals surface area contributed by atoms with E-state index < -0.39 is 0 Å². The largest absolute Gasteiger partial charge is 0.393 e. The molecule has 0 aromatic heterocycles. The van der Waals surface area contributed by atoms with E-state index in [0.717, 1.165) is 19.4 Å². The molecule has 0 amide bonds. The van der Waals surface area contributed by atoms with Gasteiger partial charge in [0.1, 0.15) is 0 Å². The molecular weight excluding hydrogens is 178 g/mol. The maximum absolute atomic E-state index is 9.08. The molecule has 0 radical (unpaired) electrons. The fourth-order valence-electron chi connectivity index (χ4n) is 1.43. The van der Waals surface area contributed by atoms with E-state index in [4.69, 9.17) is 9.84 Å². The Hall–Kier alpha value is -0.120. The molecule has 0 aliphatic rings. The summed E-state index contributed by atoms with van der Waals surface area (Å²) >= 11 is 0. The molecule has 0 spiro atoms. The Morgan fingerprint density at radius 2 is 1.93 bits per heavy atom.